The van der Waals surface area contributed by atoms with Gasteiger partial charge in [0.05, 0.1) is 11.0 Å². The molecular formula is C11H17N5O3. The number of aromatic nitrogens is 2. The number of nitro groups is 1. The molecule has 1 aliphatic heterocycles. The zero-order chi connectivity index (χ0) is 13.8. The van der Waals surface area contributed by atoms with Crippen LogP contribution in [0.25, 0.3) is 0 Å². The minimum Gasteiger partial charge on any atom is -0.378 e. The van der Waals surface area contributed by atoms with Crippen molar-refractivity contribution in [1.82, 2.24) is 9.97 Å². The lowest BCUT2D eigenvalue weighted by atomic mass is 10.1. The summed E-state index contributed by atoms with van der Waals surface area (Å²) in [5.74, 6) is 0.347. The zero-order valence-corrected chi connectivity index (χ0v) is 10.8. The fourth-order valence-electron chi connectivity index (χ4n) is 2.13. The predicted octanol–water partition coefficient (Wildman–Crippen LogP) is 0.972. The fourth-order valence-corrected chi connectivity index (χ4v) is 2.13. The molecule has 2 heterocycles. The van der Waals surface area contributed by atoms with Crippen LogP contribution in [0.15, 0.2) is 6.20 Å². The smallest absolute Gasteiger partial charge is 0.329 e. The van der Waals surface area contributed by atoms with Crippen LogP contribution in [0.3, 0.4) is 0 Å². The average molecular weight is 267 g/mol. The molecule has 1 aromatic heterocycles. The minimum atomic E-state index is -0.583. The molecule has 104 valence electrons. The Hall–Kier alpha value is -1.96. The lowest BCUT2D eigenvalue weighted by Crippen LogP contribution is -2.38. The van der Waals surface area contributed by atoms with E-state index in [1.54, 1.807) is 0 Å². The highest BCUT2D eigenvalue weighted by atomic mass is 16.6. The van der Waals surface area contributed by atoms with Crippen molar-refractivity contribution >= 4 is 17.5 Å². The summed E-state index contributed by atoms with van der Waals surface area (Å²) in [5, 5.41) is 10.6. The topological polar surface area (TPSA) is 107 Å². The number of nitrogens with zero attached hydrogens (tertiary/aromatic N) is 4. The van der Waals surface area contributed by atoms with Crippen LogP contribution in [-0.4, -0.2) is 40.7 Å². The highest BCUT2D eigenvalue weighted by Gasteiger charge is 2.23. The van der Waals surface area contributed by atoms with Crippen LogP contribution in [-0.2, 0) is 4.74 Å². The summed E-state index contributed by atoms with van der Waals surface area (Å²) in [4.78, 5) is 20.0. The van der Waals surface area contributed by atoms with Crippen LogP contribution in [0, 0.1) is 10.1 Å². The molecule has 8 heteroatoms. The van der Waals surface area contributed by atoms with E-state index >= 15 is 0 Å². The van der Waals surface area contributed by atoms with E-state index in [9.17, 15) is 10.1 Å². The van der Waals surface area contributed by atoms with Gasteiger partial charge in [-0.1, -0.05) is 0 Å². The summed E-state index contributed by atoms with van der Waals surface area (Å²) < 4.78 is 5.56. The molecule has 0 aliphatic carbocycles. The number of ether oxygens (including phenoxy) is 1. The molecule has 0 bridgehead atoms. The van der Waals surface area contributed by atoms with Crippen LogP contribution in [0.2, 0.25) is 0 Å². The second-order valence-electron chi connectivity index (χ2n) is 4.34. The van der Waals surface area contributed by atoms with E-state index in [1.807, 2.05) is 11.8 Å². The SMILES string of the molecule is CCOC1CCN(c2ncc([N+](=O)[O-])c(N)n2)CC1. The standard InChI is InChI=1S/C11H17N5O3/c1-2-19-8-3-5-15(6-4-8)11-13-7-9(16(17)18)10(12)14-11/h7-8H,2-6H2,1H3,(H2,12,13,14). The molecule has 0 atom stereocenters. The highest BCUT2D eigenvalue weighted by molar-refractivity contribution is 5.53. The first-order valence-corrected chi connectivity index (χ1v) is 6.25. The molecule has 2 N–H and O–H groups in total. The molecule has 0 saturated carbocycles. The molecule has 0 aromatic carbocycles. The first-order valence-electron chi connectivity index (χ1n) is 6.25. The van der Waals surface area contributed by atoms with E-state index < -0.39 is 4.92 Å². The number of hydrogen-bond acceptors (Lipinski definition) is 7. The summed E-state index contributed by atoms with van der Waals surface area (Å²) >= 11 is 0. The van der Waals surface area contributed by atoms with Gasteiger partial charge in [0.1, 0.15) is 6.20 Å². The maximum Gasteiger partial charge on any atom is 0.329 e. The van der Waals surface area contributed by atoms with Crippen molar-refractivity contribution in [2.75, 3.05) is 30.3 Å². The number of anilines is 2. The maximum atomic E-state index is 10.6. The quantitative estimate of drug-likeness (QED) is 0.639. The minimum absolute atomic E-state index is 0.0954. The lowest BCUT2D eigenvalue weighted by Gasteiger charge is -2.31. The van der Waals surface area contributed by atoms with E-state index in [1.165, 1.54) is 0 Å². The third-order valence-corrected chi connectivity index (χ3v) is 3.11. The number of rotatable bonds is 4. The van der Waals surface area contributed by atoms with Gasteiger partial charge in [-0.05, 0) is 19.8 Å². The Morgan fingerprint density at radius 3 is 2.79 bits per heavy atom. The van der Waals surface area contributed by atoms with Crippen molar-refractivity contribution in [3.05, 3.63) is 16.3 Å². The monoisotopic (exact) mass is 267 g/mol. The van der Waals surface area contributed by atoms with Gasteiger partial charge in [0, 0.05) is 19.7 Å². The molecule has 1 aliphatic rings. The molecule has 1 fully saturated rings. The lowest BCUT2D eigenvalue weighted by molar-refractivity contribution is -0.384. The van der Waals surface area contributed by atoms with Gasteiger partial charge >= 0.3 is 5.69 Å². The zero-order valence-electron chi connectivity index (χ0n) is 10.8. The van der Waals surface area contributed by atoms with Crippen molar-refractivity contribution in [2.45, 2.75) is 25.9 Å². The van der Waals surface area contributed by atoms with E-state index in [2.05, 4.69) is 9.97 Å². The van der Waals surface area contributed by atoms with Crippen molar-refractivity contribution in [3.63, 3.8) is 0 Å². The third-order valence-electron chi connectivity index (χ3n) is 3.11. The number of hydrogen-bond donors (Lipinski definition) is 1. The maximum absolute atomic E-state index is 10.6. The first kappa shape index (κ1) is 13.5. The van der Waals surface area contributed by atoms with Gasteiger partial charge in [0.15, 0.2) is 0 Å². The molecule has 8 nitrogen and oxygen atoms in total. The molecule has 1 saturated heterocycles. The van der Waals surface area contributed by atoms with E-state index in [-0.39, 0.29) is 17.6 Å². The van der Waals surface area contributed by atoms with Gasteiger partial charge in [-0.25, -0.2) is 4.98 Å². The van der Waals surface area contributed by atoms with E-state index in [4.69, 9.17) is 10.5 Å². The van der Waals surface area contributed by atoms with Crippen LogP contribution in [0.1, 0.15) is 19.8 Å². The van der Waals surface area contributed by atoms with Crippen molar-refractivity contribution in [1.29, 1.82) is 0 Å². The molecule has 2 rings (SSSR count). The molecule has 0 spiro atoms. The molecule has 0 unspecified atom stereocenters. The van der Waals surface area contributed by atoms with Crippen LogP contribution in [0.5, 0.6) is 0 Å². The van der Waals surface area contributed by atoms with Gasteiger partial charge in [-0.2, -0.15) is 4.98 Å². The Bertz CT molecular complexity index is 460. The Balaban J connectivity index is 2.04. The number of nitrogens with two attached hydrogens (primary N) is 1. The second-order valence-corrected chi connectivity index (χ2v) is 4.34. The Morgan fingerprint density at radius 1 is 1.58 bits per heavy atom. The van der Waals surface area contributed by atoms with E-state index in [0.29, 0.717) is 12.6 Å². The largest absolute Gasteiger partial charge is 0.378 e. The van der Waals surface area contributed by atoms with Crippen LogP contribution >= 0.6 is 0 Å². The van der Waals surface area contributed by atoms with Gasteiger partial charge in [0.2, 0.25) is 11.8 Å². The summed E-state index contributed by atoms with van der Waals surface area (Å²) in [6.45, 7) is 4.22. The summed E-state index contributed by atoms with van der Waals surface area (Å²) in [7, 11) is 0. The molecule has 0 radical (unpaired) electrons. The van der Waals surface area contributed by atoms with Crippen molar-refractivity contribution in [2.24, 2.45) is 0 Å². The normalized spacial score (nSPS) is 16.6. The van der Waals surface area contributed by atoms with Crippen LogP contribution < -0.4 is 10.6 Å². The third kappa shape index (κ3) is 3.08. The summed E-state index contributed by atoms with van der Waals surface area (Å²) in [6, 6.07) is 0. The number of nitrogen functional groups attached to an aromatic ring is 1. The molecule has 0 amide bonds. The second kappa shape index (κ2) is 5.79. The fraction of sp³-hybridized carbons (Fsp3) is 0.636. The molecule has 19 heavy (non-hydrogen) atoms. The van der Waals surface area contributed by atoms with Gasteiger partial charge in [-0.3, -0.25) is 10.1 Å². The molecular weight excluding hydrogens is 250 g/mol. The highest BCUT2D eigenvalue weighted by Crippen LogP contribution is 2.23. The average Bonchev–Trinajstić information content (AvgIpc) is 2.39. The summed E-state index contributed by atoms with van der Waals surface area (Å²) in [5.41, 5.74) is 5.30. The summed E-state index contributed by atoms with van der Waals surface area (Å²) in [6.07, 6.45) is 3.23. The van der Waals surface area contributed by atoms with Crippen molar-refractivity contribution in [3.8, 4) is 0 Å². The molecule has 1 aromatic rings. The Kier molecular flexibility index (Phi) is 4.10. The van der Waals surface area contributed by atoms with Gasteiger partial charge < -0.3 is 15.4 Å². The Morgan fingerprint density at radius 2 is 2.26 bits per heavy atom. The van der Waals surface area contributed by atoms with Crippen LogP contribution in [0.4, 0.5) is 17.5 Å². The van der Waals surface area contributed by atoms with E-state index in [0.717, 1.165) is 32.1 Å². The first-order chi connectivity index (χ1) is 9.11. The Labute approximate surface area is 110 Å². The van der Waals surface area contributed by atoms with Gasteiger partial charge in [-0.15, -0.1) is 0 Å². The van der Waals surface area contributed by atoms with Gasteiger partial charge in [0.25, 0.3) is 0 Å². The predicted molar refractivity (Wildman–Crippen MR) is 70.0 cm³/mol. The van der Waals surface area contributed by atoms with Crippen molar-refractivity contribution < 1.29 is 9.66 Å². The number of piperidine rings is 1.